The van der Waals surface area contributed by atoms with Crippen LogP contribution in [0.5, 0.6) is 5.75 Å². The lowest BCUT2D eigenvalue weighted by molar-refractivity contribution is -0.142. The lowest BCUT2D eigenvalue weighted by Gasteiger charge is -2.25. The molecule has 38 heavy (non-hydrogen) atoms. The summed E-state index contributed by atoms with van der Waals surface area (Å²) in [6.45, 7) is 1.70. The third-order valence-corrected chi connectivity index (χ3v) is 6.23. The summed E-state index contributed by atoms with van der Waals surface area (Å²) in [7, 11) is 3.15. The van der Waals surface area contributed by atoms with E-state index in [9.17, 15) is 22.8 Å². The van der Waals surface area contributed by atoms with Crippen LogP contribution in [-0.2, 0) is 11.0 Å². The summed E-state index contributed by atoms with van der Waals surface area (Å²) in [6, 6.07) is 16.6. The van der Waals surface area contributed by atoms with Gasteiger partial charge in [0.25, 0.3) is 11.8 Å². The van der Waals surface area contributed by atoms with Gasteiger partial charge in [0.1, 0.15) is 11.5 Å². The molecule has 2 aromatic carbocycles. The van der Waals surface area contributed by atoms with Crippen molar-refractivity contribution < 1.29 is 27.5 Å². The van der Waals surface area contributed by atoms with Crippen molar-refractivity contribution in [3.05, 3.63) is 78.1 Å². The van der Waals surface area contributed by atoms with Crippen molar-refractivity contribution in [2.45, 2.75) is 19.1 Å². The van der Waals surface area contributed by atoms with Crippen LogP contribution >= 0.6 is 0 Å². The summed E-state index contributed by atoms with van der Waals surface area (Å²) < 4.78 is 47.5. The zero-order valence-corrected chi connectivity index (χ0v) is 20.5. The number of anilines is 1. The van der Waals surface area contributed by atoms with E-state index in [0.717, 1.165) is 12.1 Å². The topological polar surface area (TPSA) is 92.4 Å². The summed E-state index contributed by atoms with van der Waals surface area (Å²) in [4.78, 5) is 34.4. The van der Waals surface area contributed by atoms with Crippen LogP contribution in [0.15, 0.2) is 71.7 Å². The Hall–Kier alpha value is -4.58. The number of carbonyl (C=O) groups excluding carboxylic acids is 2. The van der Waals surface area contributed by atoms with E-state index < -0.39 is 29.7 Å². The molecule has 0 radical (unpaired) electrons. The number of aliphatic imine (C=N–C) groups is 1. The average molecular weight is 522 g/mol. The van der Waals surface area contributed by atoms with E-state index >= 15 is 0 Å². The number of aromatic nitrogens is 3. The van der Waals surface area contributed by atoms with E-state index in [1.165, 1.54) is 12.1 Å². The van der Waals surface area contributed by atoms with Crippen molar-refractivity contribution in [3.8, 4) is 17.0 Å². The van der Waals surface area contributed by atoms with Crippen LogP contribution in [0.2, 0.25) is 0 Å². The number of para-hydroxylation sites is 1. The molecule has 3 heterocycles. The van der Waals surface area contributed by atoms with Crippen molar-refractivity contribution in [2.24, 2.45) is 4.99 Å². The first-order chi connectivity index (χ1) is 18.1. The first-order valence-corrected chi connectivity index (χ1v) is 11.5. The van der Waals surface area contributed by atoms with Gasteiger partial charge in [-0.05, 0) is 49.4 Å². The molecular weight excluding hydrogens is 501 g/mol. The number of methoxy groups -OCH3 is 1. The Morgan fingerprint density at radius 3 is 2.37 bits per heavy atom. The predicted molar refractivity (Wildman–Crippen MR) is 133 cm³/mol. The minimum atomic E-state index is -4.78. The average Bonchev–Trinajstić information content (AvgIpc) is 3.43. The van der Waals surface area contributed by atoms with Crippen LogP contribution < -0.4 is 9.75 Å². The second-order valence-corrected chi connectivity index (χ2v) is 8.56. The van der Waals surface area contributed by atoms with Gasteiger partial charge in [-0.1, -0.05) is 18.2 Å². The Balaban J connectivity index is 1.54. The number of hydrogen-bond donors (Lipinski definition) is 0. The molecule has 1 saturated heterocycles. The van der Waals surface area contributed by atoms with Crippen LogP contribution in [-0.4, -0.2) is 57.3 Å². The number of ether oxygens (including phenoxy) is 1. The summed E-state index contributed by atoms with van der Waals surface area (Å²) in [5, 5.41) is 6.85. The zero-order chi connectivity index (χ0) is 27.2. The van der Waals surface area contributed by atoms with Crippen molar-refractivity contribution in [1.29, 1.82) is 0 Å². The van der Waals surface area contributed by atoms with Gasteiger partial charge in [-0.25, -0.2) is 24.5 Å². The number of hydrogen-bond acceptors (Lipinski definition) is 6. The van der Waals surface area contributed by atoms with Crippen LogP contribution in [0.4, 0.5) is 18.9 Å². The number of hydrazine groups is 1. The highest BCUT2D eigenvalue weighted by atomic mass is 19.4. The Bertz CT molecular complexity index is 1570. The number of amides is 2. The Morgan fingerprint density at radius 2 is 1.74 bits per heavy atom. The van der Waals surface area contributed by atoms with Gasteiger partial charge < -0.3 is 4.74 Å². The standard InChI is InChI=1S/C26H21F3N6O3/c1-15-23(25(37)35(33(15)2)17-7-5-4-6-8-17)31-24(36)20-14-22-30-19(16-9-11-18(38-3)12-10-16)13-21(26(27,28)29)34(22)32-20/h4-15H,1-3H3. The molecule has 0 bridgehead atoms. The summed E-state index contributed by atoms with van der Waals surface area (Å²) in [5.74, 6) is -0.929. The second kappa shape index (κ2) is 9.38. The van der Waals surface area contributed by atoms with E-state index in [2.05, 4.69) is 15.1 Å². The molecule has 0 aliphatic carbocycles. The van der Waals surface area contributed by atoms with E-state index in [1.807, 2.05) is 0 Å². The predicted octanol–water partition coefficient (Wildman–Crippen LogP) is 4.29. The number of nitrogens with zero attached hydrogens (tertiary/aromatic N) is 6. The third-order valence-electron chi connectivity index (χ3n) is 6.23. The zero-order valence-electron chi connectivity index (χ0n) is 20.5. The van der Waals surface area contributed by atoms with Gasteiger partial charge in [0, 0.05) is 18.7 Å². The highest BCUT2D eigenvalue weighted by Crippen LogP contribution is 2.33. The van der Waals surface area contributed by atoms with E-state index in [4.69, 9.17) is 4.74 Å². The fraction of sp³-hybridized carbons (Fsp3) is 0.192. The van der Waals surface area contributed by atoms with Crippen LogP contribution in [0.25, 0.3) is 16.9 Å². The monoisotopic (exact) mass is 522 g/mol. The van der Waals surface area contributed by atoms with Gasteiger partial charge >= 0.3 is 6.18 Å². The minimum Gasteiger partial charge on any atom is -0.497 e. The number of alkyl halides is 3. The maximum Gasteiger partial charge on any atom is 0.433 e. The van der Waals surface area contributed by atoms with Crippen molar-refractivity contribution >= 4 is 28.9 Å². The maximum absolute atomic E-state index is 13.9. The lowest BCUT2D eigenvalue weighted by Crippen LogP contribution is -2.38. The van der Waals surface area contributed by atoms with E-state index in [1.54, 1.807) is 73.6 Å². The van der Waals surface area contributed by atoms with Gasteiger partial charge in [-0.3, -0.25) is 9.59 Å². The molecule has 4 aromatic rings. The van der Waals surface area contributed by atoms with Crippen molar-refractivity contribution in [3.63, 3.8) is 0 Å². The Kier molecular flexibility index (Phi) is 6.19. The largest absolute Gasteiger partial charge is 0.497 e. The van der Waals surface area contributed by atoms with Crippen LogP contribution in [0.1, 0.15) is 23.1 Å². The molecule has 2 aromatic heterocycles. The molecule has 2 amide bonds. The van der Waals surface area contributed by atoms with Gasteiger partial charge in [-0.15, -0.1) is 0 Å². The normalized spacial score (nSPS) is 17.5. The molecule has 1 fully saturated rings. The summed E-state index contributed by atoms with van der Waals surface area (Å²) in [6.07, 6.45) is -4.78. The quantitative estimate of drug-likeness (QED) is 0.397. The van der Waals surface area contributed by atoms with Gasteiger partial charge in [0.15, 0.2) is 17.0 Å². The molecule has 1 unspecified atom stereocenters. The molecule has 12 heteroatoms. The lowest BCUT2D eigenvalue weighted by atomic mass is 10.1. The number of benzene rings is 2. The summed E-state index contributed by atoms with van der Waals surface area (Å²) in [5.41, 5.74) is -0.685. The second-order valence-electron chi connectivity index (χ2n) is 8.56. The fourth-order valence-corrected chi connectivity index (χ4v) is 4.15. The van der Waals surface area contributed by atoms with Gasteiger partial charge in [0.2, 0.25) is 0 Å². The number of carbonyl (C=O) groups is 2. The molecule has 9 nitrogen and oxygen atoms in total. The molecule has 1 aliphatic rings. The van der Waals surface area contributed by atoms with Gasteiger partial charge in [0.05, 0.1) is 24.5 Å². The molecule has 1 aliphatic heterocycles. The smallest absolute Gasteiger partial charge is 0.433 e. The highest BCUT2D eigenvalue weighted by Gasteiger charge is 2.41. The van der Waals surface area contributed by atoms with Crippen molar-refractivity contribution in [1.82, 2.24) is 19.6 Å². The van der Waals surface area contributed by atoms with Gasteiger partial charge in [-0.2, -0.15) is 18.3 Å². The number of fused-ring (bicyclic) bond motifs is 1. The summed E-state index contributed by atoms with van der Waals surface area (Å²) >= 11 is 0. The van der Waals surface area contributed by atoms with Crippen LogP contribution in [0, 0.1) is 0 Å². The first kappa shape index (κ1) is 25.1. The molecule has 194 valence electrons. The molecule has 0 N–H and O–H groups in total. The minimum absolute atomic E-state index is 0.0393. The SMILES string of the molecule is COc1ccc(-c2cc(C(F)(F)F)n3nc(C(=O)N=C4C(=O)N(c5ccccc5)N(C)C4C)cc3n2)cc1. The number of rotatable bonds is 4. The fourth-order valence-electron chi connectivity index (χ4n) is 4.15. The van der Waals surface area contributed by atoms with E-state index in [0.29, 0.717) is 21.5 Å². The van der Waals surface area contributed by atoms with E-state index in [-0.39, 0.29) is 22.7 Å². The molecular formula is C26H21F3N6O3. The Morgan fingerprint density at radius 1 is 1.05 bits per heavy atom. The maximum atomic E-state index is 13.9. The first-order valence-electron chi connectivity index (χ1n) is 11.5. The highest BCUT2D eigenvalue weighted by molar-refractivity contribution is 6.48. The molecule has 5 rings (SSSR count). The molecule has 0 saturated carbocycles. The molecule has 0 spiro atoms. The van der Waals surface area contributed by atoms with Crippen LogP contribution in [0.3, 0.4) is 0 Å². The van der Waals surface area contributed by atoms with Crippen molar-refractivity contribution in [2.75, 3.05) is 19.2 Å². The number of halogens is 3. The Labute approximate surface area is 214 Å². The third kappa shape index (κ3) is 4.39. The molecule has 1 atom stereocenters.